The molecule has 0 saturated heterocycles. The standard InChI is InChI=1S/C17H27NO2/c1-4-5-13(2)20-12-15-10-14(6-9-17(15)19-3)11-18-16-7-8-16/h6,9-10,13,16,18H,4-5,7-8,11-12H2,1-3H3. The van der Waals surface area contributed by atoms with Crippen LogP contribution < -0.4 is 10.1 Å². The fraction of sp³-hybridized carbons (Fsp3) is 0.647. The molecule has 1 aliphatic carbocycles. The second-order valence-corrected chi connectivity index (χ2v) is 5.71. The Hall–Kier alpha value is -1.06. The molecule has 0 aromatic heterocycles. The first-order valence-electron chi connectivity index (χ1n) is 7.73. The first kappa shape index (κ1) is 15.3. The largest absolute Gasteiger partial charge is 0.496 e. The maximum absolute atomic E-state index is 5.90. The molecule has 1 N–H and O–H groups in total. The lowest BCUT2D eigenvalue weighted by Gasteiger charge is -2.15. The van der Waals surface area contributed by atoms with Crippen LogP contribution in [-0.2, 0) is 17.9 Å². The van der Waals surface area contributed by atoms with Gasteiger partial charge in [0.1, 0.15) is 5.75 Å². The van der Waals surface area contributed by atoms with E-state index in [1.165, 1.54) is 18.4 Å². The number of methoxy groups -OCH3 is 1. The Morgan fingerprint density at radius 3 is 2.80 bits per heavy atom. The monoisotopic (exact) mass is 277 g/mol. The molecule has 0 aliphatic heterocycles. The lowest BCUT2D eigenvalue weighted by molar-refractivity contribution is 0.0460. The van der Waals surface area contributed by atoms with E-state index in [-0.39, 0.29) is 0 Å². The molecule has 0 bridgehead atoms. The second kappa shape index (κ2) is 7.65. The summed E-state index contributed by atoms with van der Waals surface area (Å²) in [6.45, 7) is 5.88. The molecule has 1 saturated carbocycles. The van der Waals surface area contributed by atoms with E-state index in [2.05, 4.69) is 31.3 Å². The molecule has 112 valence electrons. The summed E-state index contributed by atoms with van der Waals surface area (Å²) in [7, 11) is 1.72. The minimum Gasteiger partial charge on any atom is -0.496 e. The predicted octanol–water partition coefficient (Wildman–Crippen LogP) is 3.65. The van der Waals surface area contributed by atoms with Gasteiger partial charge in [-0.1, -0.05) is 19.4 Å². The van der Waals surface area contributed by atoms with Gasteiger partial charge in [-0.3, -0.25) is 0 Å². The van der Waals surface area contributed by atoms with Crippen LogP contribution in [0, 0.1) is 0 Å². The van der Waals surface area contributed by atoms with E-state index in [1.54, 1.807) is 7.11 Å². The Morgan fingerprint density at radius 2 is 2.15 bits per heavy atom. The quantitative estimate of drug-likeness (QED) is 0.747. The van der Waals surface area contributed by atoms with E-state index in [0.717, 1.165) is 36.7 Å². The maximum Gasteiger partial charge on any atom is 0.124 e. The molecule has 0 heterocycles. The Kier molecular flexibility index (Phi) is 5.86. The Morgan fingerprint density at radius 1 is 1.35 bits per heavy atom. The zero-order valence-electron chi connectivity index (χ0n) is 12.9. The van der Waals surface area contributed by atoms with Gasteiger partial charge in [0.05, 0.1) is 19.8 Å². The van der Waals surface area contributed by atoms with Crippen molar-refractivity contribution in [3.05, 3.63) is 29.3 Å². The zero-order chi connectivity index (χ0) is 14.4. The van der Waals surface area contributed by atoms with Crippen LogP contribution in [0.4, 0.5) is 0 Å². The van der Waals surface area contributed by atoms with Crippen LogP contribution in [0.5, 0.6) is 5.75 Å². The summed E-state index contributed by atoms with van der Waals surface area (Å²) in [5, 5.41) is 3.54. The topological polar surface area (TPSA) is 30.5 Å². The van der Waals surface area contributed by atoms with Crippen LogP contribution in [-0.4, -0.2) is 19.3 Å². The normalized spacial score (nSPS) is 16.1. The van der Waals surface area contributed by atoms with E-state index < -0.39 is 0 Å². The summed E-state index contributed by atoms with van der Waals surface area (Å²) < 4.78 is 11.3. The van der Waals surface area contributed by atoms with Crippen molar-refractivity contribution in [2.75, 3.05) is 7.11 Å². The van der Waals surface area contributed by atoms with Crippen molar-refractivity contribution in [1.82, 2.24) is 5.32 Å². The minimum atomic E-state index is 0.304. The van der Waals surface area contributed by atoms with Crippen LogP contribution in [0.3, 0.4) is 0 Å². The van der Waals surface area contributed by atoms with Crippen molar-refractivity contribution in [1.29, 1.82) is 0 Å². The van der Waals surface area contributed by atoms with E-state index in [0.29, 0.717) is 12.7 Å². The molecule has 3 nitrogen and oxygen atoms in total. The van der Waals surface area contributed by atoms with Crippen molar-refractivity contribution in [3.63, 3.8) is 0 Å². The van der Waals surface area contributed by atoms with E-state index >= 15 is 0 Å². The molecule has 0 amide bonds. The summed E-state index contributed by atoms with van der Waals surface area (Å²) in [5.74, 6) is 0.920. The Balaban J connectivity index is 1.93. The minimum absolute atomic E-state index is 0.304. The lowest BCUT2D eigenvalue weighted by Crippen LogP contribution is -2.15. The van der Waals surface area contributed by atoms with Crippen molar-refractivity contribution in [2.24, 2.45) is 0 Å². The van der Waals surface area contributed by atoms with Crippen molar-refractivity contribution in [2.45, 2.75) is 64.8 Å². The average Bonchev–Trinajstić information content (AvgIpc) is 3.27. The molecule has 1 fully saturated rings. The van der Waals surface area contributed by atoms with Crippen LogP contribution in [0.25, 0.3) is 0 Å². The highest BCUT2D eigenvalue weighted by molar-refractivity contribution is 5.37. The molecule has 1 aromatic carbocycles. The van der Waals surface area contributed by atoms with Crippen LogP contribution >= 0.6 is 0 Å². The van der Waals surface area contributed by atoms with Gasteiger partial charge < -0.3 is 14.8 Å². The predicted molar refractivity (Wildman–Crippen MR) is 82.0 cm³/mol. The molecule has 1 aromatic rings. The smallest absolute Gasteiger partial charge is 0.124 e. The summed E-state index contributed by atoms with van der Waals surface area (Å²) in [6.07, 6.45) is 5.20. The highest BCUT2D eigenvalue weighted by Crippen LogP contribution is 2.23. The molecular formula is C17H27NO2. The number of benzene rings is 1. The van der Waals surface area contributed by atoms with Crippen LogP contribution in [0.1, 0.15) is 50.7 Å². The summed E-state index contributed by atoms with van der Waals surface area (Å²) in [5.41, 5.74) is 2.45. The van der Waals surface area contributed by atoms with Gasteiger partial charge in [-0.05, 0) is 43.9 Å². The number of hydrogen-bond acceptors (Lipinski definition) is 3. The van der Waals surface area contributed by atoms with Crippen LogP contribution in [0.15, 0.2) is 18.2 Å². The van der Waals surface area contributed by atoms with Gasteiger partial charge in [-0.25, -0.2) is 0 Å². The van der Waals surface area contributed by atoms with Crippen molar-refractivity contribution < 1.29 is 9.47 Å². The SMILES string of the molecule is CCCC(C)OCc1cc(CNC2CC2)ccc1OC. The van der Waals surface area contributed by atoms with Crippen LogP contribution in [0.2, 0.25) is 0 Å². The Bertz CT molecular complexity index is 415. The van der Waals surface area contributed by atoms with Gasteiger partial charge in [0.15, 0.2) is 0 Å². The summed E-state index contributed by atoms with van der Waals surface area (Å²) >= 11 is 0. The van der Waals surface area contributed by atoms with Crippen molar-refractivity contribution in [3.8, 4) is 5.75 Å². The average molecular weight is 277 g/mol. The van der Waals surface area contributed by atoms with Gasteiger partial charge in [0, 0.05) is 18.2 Å². The molecule has 1 unspecified atom stereocenters. The maximum atomic E-state index is 5.90. The van der Waals surface area contributed by atoms with Gasteiger partial charge in [0.25, 0.3) is 0 Å². The second-order valence-electron chi connectivity index (χ2n) is 5.71. The molecule has 0 radical (unpaired) electrons. The number of rotatable bonds is 9. The van der Waals surface area contributed by atoms with E-state index in [1.807, 2.05) is 6.07 Å². The van der Waals surface area contributed by atoms with E-state index in [4.69, 9.17) is 9.47 Å². The lowest BCUT2D eigenvalue weighted by atomic mass is 10.1. The third kappa shape index (κ3) is 4.80. The fourth-order valence-corrected chi connectivity index (χ4v) is 2.33. The first-order chi connectivity index (χ1) is 9.72. The van der Waals surface area contributed by atoms with Gasteiger partial charge >= 0.3 is 0 Å². The first-order valence-corrected chi connectivity index (χ1v) is 7.73. The third-order valence-corrected chi connectivity index (χ3v) is 3.74. The number of ether oxygens (including phenoxy) is 2. The molecule has 20 heavy (non-hydrogen) atoms. The highest BCUT2D eigenvalue weighted by atomic mass is 16.5. The van der Waals surface area contributed by atoms with Crippen molar-refractivity contribution >= 4 is 0 Å². The third-order valence-electron chi connectivity index (χ3n) is 3.74. The van der Waals surface area contributed by atoms with E-state index in [9.17, 15) is 0 Å². The molecule has 1 aliphatic rings. The summed E-state index contributed by atoms with van der Waals surface area (Å²) in [4.78, 5) is 0. The Labute approximate surface area is 122 Å². The molecular weight excluding hydrogens is 250 g/mol. The van der Waals surface area contributed by atoms with Gasteiger partial charge in [-0.15, -0.1) is 0 Å². The van der Waals surface area contributed by atoms with Gasteiger partial charge in [0.2, 0.25) is 0 Å². The van der Waals surface area contributed by atoms with Gasteiger partial charge in [-0.2, -0.15) is 0 Å². The number of nitrogens with one attached hydrogen (secondary N) is 1. The molecule has 0 spiro atoms. The summed E-state index contributed by atoms with van der Waals surface area (Å²) in [6, 6.07) is 7.12. The number of hydrogen-bond donors (Lipinski definition) is 1. The zero-order valence-corrected chi connectivity index (χ0v) is 12.9. The molecule has 2 rings (SSSR count). The molecule has 1 atom stereocenters. The molecule has 3 heteroatoms. The highest BCUT2D eigenvalue weighted by Gasteiger charge is 2.20. The fourth-order valence-electron chi connectivity index (χ4n) is 2.33.